The number of nitro groups is 1. The summed E-state index contributed by atoms with van der Waals surface area (Å²) in [5, 5.41) is 11.0. The van der Waals surface area contributed by atoms with Crippen LogP contribution in [-0.2, 0) is 5.75 Å². The number of hydrogen-bond acceptors (Lipinski definition) is 4. The van der Waals surface area contributed by atoms with Crippen molar-refractivity contribution >= 4 is 29.1 Å². The first-order valence-corrected chi connectivity index (χ1v) is 6.84. The van der Waals surface area contributed by atoms with Crippen molar-refractivity contribution in [1.29, 1.82) is 0 Å². The molecule has 0 aromatic heterocycles. The van der Waals surface area contributed by atoms with Crippen molar-refractivity contribution in [1.82, 2.24) is 0 Å². The maximum absolute atomic E-state index is 10.5. The quantitative estimate of drug-likeness (QED) is 0.639. The molecule has 0 saturated heterocycles. The van der Waals surface area contributed by atoms with E-state index in [4.69, 9.17) is 17.3 Å². The van der Waals surface area contributed by atoms with Gasteiger partial charge in [0.15, 0.2) is 0 Å². The predicted octanol–water partition coefficient (Wildman–Crippen LogP) is 3.22. The molecule has 0 heterocycles. The molecule has 0 fully saturated rings. The van der Waals surface area contributed by atoms with Gasteiger partial charge in [0.25, 0.3) is 5.69 Å². The van der Waals surface area contributed by atoms with Crippen molar-refractivity contribution in [3.05, 3.63) is 38.9 Å². The number of halogens is 1. The van der Waals surface area contributed by atoms with Crippen LogP contribution in [0.5, 0.6) is 0 Å². The number of rotatable bonds is 6. The molecule has 0 aliphatic rings. The largest absolute Gasteiger partial charge is 0.327 e. The third-order valence-corrected chi connectivity index (χ3v) is 3.89. The van der Waals surface area contributed by atoms with E-state index in [1.165, 1.54) is 12.1 Å². The van der Waals surface area contributed by atoms with Crippen molar-refractivity contribution in [3.63, 3.8) is 0 Å². The van der Waals surface area contributed by atoms with Gasteiger partial charge in [0.05, 0.1) is 9.95 Å². The molecule has 0 bridgehead atoms. The Morgan fingerprint density at radius 3 is 2.82 bits per heavy atom. The van der Waals surface area contributed by atoms with Crippen molar-refractivity contribution in [2.45, 2.75) is 25.1 Å². The van der Waals surface area contributed by atoms with E-state index in [-0.39, 0.29) is 11.7 Å². The molecule has 94 valence electrons. The highest BCUT2D eigenvalue weighted by atomic mass is 35.5. The molecule has 6 heteroatoms. The lowest BCUT2D eigenvalue weighted by molar-refractivity contribution is -0.384. The van der Waals surface area contributed by atoms with Gasteiger partial charge in [0, 0.05) is 29.7 Å². The van der Waals surface area contributed by atoms with Crippen LogP contribution in [0.2, 0.25) is 5.02 Å². The summed E-state index contributed by atoms with van der Waals surface area (Å²) < 4.78 is 0. The van der Waals surface area contributed by atoms with E-state index in [1.54, 1.807) is 17.8 Å². The van der Waals surface area contributed by atoms with Crippen LogP contribution >= 0.6 is 23.4 Å². The first-order chi connectivity index (χ1) is 8.04. The van der Waals surface area contributed by atoms with Gasteiger partial charge in [-0.25, -0.2) is 0 Å². The summed E-state index contributed by atoms with van der Waals surface area (Å²) in [7, 11) is 0. The van der Waals surface area contributed by atoms with E-state index in [2.05, 4.69) is 0 Å². The van der Waals surface area contributed by atoms with Gasteiger partial charge in [-0.3, -0.25) is 10.1 Å². The van der Waals surface area contributed by atoms with Gasteiger partial charge < -0.3 is 5.73 Å². The minimum absolute atomic E-state index is 0.0222. The highest BCUT2D eigenvalue weighted by molar-refractivity contribution is 7.98. The zero-order valence-electron chi connectivity index (χ0n) is 9.56. The maximum Gasteiger partial charge on any atom is 0.270 e. The standard InChI is InChI=1S/C11H15ClN2O2S/c1-2-9(13)7-17-6-8-3-4-10(14(15)16)5-11(8)12/h3-5,9H,2,6-7,13H2,1H3. The fourth-order valence-electron chi connectivity index (χ4n) is 1.20. The summed E-state index contributed by atoms with van der Waals surface area (Å²) in [4.78, 5) is 10.1. The van der Waals surface area contributed by atoms with Crippen LogP contribution in [0.1, 0.15) is 18.9 Å². The second-order valence-corrected chi connectivity index (χ2v) is 5.15. The molecular formula is C11H15ClN2O2S. The Morgan fingerprint density at radius 1 is 1.59 bits per heavy atom. The summed E-state index contributed by atoms with van der Waals surface area (Å²) in [5.41, 5.74) is 6.73. The molecule has 0 radical (unpaired) electrons. The number of non-ortho nitro benzene ring substituents is 1. The minimum atomic E-state index is -0.449. The van der Waals surface area contributed by atoms with Gasteiger partial charge in [0.1, 0.15) is 0 Å². The third-order valence-electron chi connectivity index (χ3n) is 2.36. The Balaban J connectivity index is 2.57. The average molecular weight is 275 g/mol. The summed E-state index contributed by atoms with van der Waals surface area (Å²) >= 11 is 7.66. The van der Waals surface area contributed by atoms with Crippen molar-refractivity contribution in [2.75, 3.05) is 5.75 Å². The monoisotopic (exact) mass is 274 g/mol. The van der Waals surface area contributed by atoms with Gasteiger partial charge in [-0.2, -0.15) is 11.8 Å². The summed E-state index contributed by atoms with van der Waals surface area (Å²) in [5.74, 6) is 1.59. The zero-order chi connectivity index (χ0) is 12.8. The number of hydrogen-bond donors (Lipinski definition) is 1. The van der Waals surface area contributed by atoms with E-state index in [0.29, 0.717) is 5.02 Å². The lowest BCUT2D eigenvalue weighted by Gasteiger charge is -2.08. The molecule has 0 saturated carbocycles. The Morgan fingerprint density at radius 2 is 2.29 bits per heavy atom. The second kappa shape index (κ2) is 6.83. The molecule has 0 amide bonds. The van der Waals surface area contributed by atoms with Crippen molar-refractivity contribution in [2.24, 2.45) is 5.73 Å². The normalized spacial score (nSPS) is 12.4. The second-order valence-electron chi connectivity index (χ2n) is 3.72. The van der Waals surface area contributed by atoms with Crippen LogP contribution in [0.25, 0.3) is 0 Å². The molecule has 1 unspecified atom stereocenters. The van der Waals surface area contributed by atoms with Gasteiger partial charge in [0.2, 0.25) is 0 Å². The van der Waals surface area contributed by atoms with E-state index in [9.17, 15) is 10.1 Å². The van der Waals surface area contributed by atoms with Crippen LogP contribution in [0.15, 0.2) is 18.2 Å². The van der Waals surface area contributed by atoms with Crippen molar-refractivity contribution < 1.29 is 4.92 Å². The number of benzene rings is 1. The Labute approximate surface area is 110 Å². The lowest BCUT2D eigenvalue weighted by atomic mass is 10.2. The maximum atomic E-state index is 10.5. The molecule has 1 rings (SSSR count). The molecular weight excluding hydrogens is 260 g/mol. The number of nitrogens with zero attached hydrogens (tertiary/aromatic N) is 1. The van der Waals surface area contributed by atoms with Gasteiger partial charge in [-0.05, 0) is 18.1 Å². The van der Waals surface area contributed by atoms with Crippen molar-refractivity contribution in [3.8, 4) is 0 Å². The number of nitrogens with two attached hydrogens (primary N) is 1. The van der Waals surface area contributed by atoms with Crippen LogP contribution in [0.3, 0.4) is 0 Å². The van der Waals surface area contributed by atoms with E-state index < -0.39 is 4.92 Å². The minimum Gasteiger partial charge on any atom is -0.327 e. The average Bonchev–Trinajstić information content (AvgIpc) is 2.30. The molecule has 17 heavy (non-hydrogen) atoms. The number of thioether (sulfide) groups is 1. The van der Waals surface area contributed by atoms with Gasteiger partial charge in [-0.15, -0.1) is 0 Å². The van der Waals surface area contributed by atoms with Gasteiger partial charge in [-0.1, -0.05) is 18.5 Å². The van der Waals surface area contributed by atoms with Crippen LogP contribution in [-0.4, -0.2) is 16.7 Å². The molecule has 0 aliphatic carbocycles. The van der Waals surface area contributed by atoms with E-state index in [1.807, 2.05) is 6.92 Å². The molecule has 1 aromatic rings. The zero-order valence-corrected chi connectivity index (χ0v) is 11.1. The predicted molar refractivity (Wildman–Crippen MR) is 72.5 cm³/mol. The van der Waals surface area contributed by atoms with Crippen LogP contribution in [0.4, 0.5) is 5.69 Å². The first-order valence-electron chi connectivity index (χ1n) is 5.30. The molecule has 4 nitrogen and oxygen atoms in total. The fraction of sp³-hybridized carbons (Fsp3) is 0.455. The fourth-order valence-corrected chi connectivity index (χ4v) is 2.65. The molecule has 0 aliphatic heterocycles. The highest BCUT2D eigenvalue weighted by Crippen LogP contribution is 2.25. The first kappa shape index (κ1) is 14.3. The van der Waals surface area contributed by atoms with Crippen LogP contribution < -0.4 is 5.73 Å². The Hall–Kier alpha value is -0.780. The topological polar surface area (TPSA) is 69.2 Å². The highest BCUT2D eigenvalue weighted by Gasteiger charge is 2.09. The number of nitro benzene ring substituents is 1. The summed E-state index contributed by atoms with van der Waals surface area (Å²) in [6.45, 7) is 2.05. The third kappa shape index (κ3) is 4.53. The smallest absolute Gasteiger partial charge is 0.270 e. The SMILES string of the molecule is CCC(N)CSCc1ccc([N+](=O)[O-])cc1Cl. The summed E-state index contributed by atoms with van der Waals surface area (Å²) in [6, 6.07) is 4.75. The molecule has 2 N–H and O–H groups in total. The van der Waals surface area contributed by atoms with Gasteiger partial charge >= 0.3 is 0 Å². The lowest BCUT2D eigenvalue weighted by Crippen LogP contribution is -2.21. The van der Waals surface area contributed by atoms with Crippen LogP contribution in [0, 0.1) is 10.1 Å². The molecule has 1 aromatic carbocycles. The summed E-state index contributed by atoms with van der Waals surface area (Å²) in [6.07, 6.45) is 0.945. The molecule has 1 atom stereocenters. The van der Waals surface area contributed by atoms with E-state index in [0.717, 1.165) is 23.5 Å². The Kier molecular flexibility index (Phi) is 5.74. The Bertz CT molecular complexity index is 401. The van der Waals surface area contributed by atoms with E-state index >= 15 is 0 Å². The molecule has 0 spiro atoms.